The van der Waals surface area contributed by atoms with Crippen molar-refractivity contribution < 1.29 is 22.4 Å². The van der Waals surface area contributed by atoms with Crippen molar-refractivity contribution in [3.05, 3.63) is 94.8 Å². The molecule has 7 nitrogen and oxygen atoms in total. The van der Waals surface area contributed by atoms with Crippen molar-refractivity contribution in [3.8, 4) is 0 Å². The van der Waals surface area contributed by atoms with Crippen molar-refractivity contribution in [1.29, 1.82) is 0 Å². The van der Waals surface area contributed by atoms with E-state index in [1.54, 1.807) is 48.5 Å². The Bertz CT molecular complexity index is 1440. The van der Waals surface area contributed by atoms with E-state index in [1.165, 1.54) is 17.0 Å². The van der Waals surface area contributed by atoms with E-state index in [1.807, 2.05) is 13.8 Å². The summed E-state index contributed by atoms with van der Waals surface area (Å²) in [6, 6.07) is 17.4. The maximum Gasteiger partial charge on any atom is 0.264 e. The van der Waals surface area contributed by atoms with Gasteiger partial charge in [-0.25, -0.2) is 12.8 Å². The van der Waals surface area contributed by atoms with Gasteiger partial charge in [0, 0.05) is 17.6 Å². The normalized spacial score (nSPS) is 14.4. The number of anilines is 1. The molecule has 3 aromatic carbocycles. The van der Waals surface area contributed by atoms with Gasteiger partial charge in [0.1, 0.15) is 18.4 Å². The molecule has 1 atom stereocenters. The summed E-state index contributed by atoms with van der Waals surface area (Å²) in [6.07, 6.45) is 4.21. The number of halogens is 2. The Balaban J connectivity index is 1.70. The predicted molar refractivity (Wildman–Crippen MR) is 159 cm³/mol. The first kappa shape index (κ1) is 30.5. The Morgan fingerprint density at radius 1 is 0.976 bits per heavy atom. The largest absolute Gasteiger partial charge is 0.352 e. The molecular weight excluding hydrogens is 565 g/mol. The maximum atomic E-state index is 14.1. The summed E-state index contributed by atoms with van der Waals surface area (Å²) in [5.41, 5.74) is 1.94. The van der Waals surface area contributed by atoms with Crippen LogP contribution in [0.2, 0.25) is 5.02 Å². The Kier molecular flexibility index (Phi) is 10.0. The zero-order valence-electron chi connectivity index (χ0n) is 23.2. The van der Waals surface area contributed by atoms with Gasteiger partial charge >= 0.3 is 0 Å². The van der Waals surface area contributed by atoms with Crippen molar-refractivity contribution in [1.82, 2.24) is 10.2 Å². The van der Waals surface area contributed by atoms with Gasteiger partial charge in [-0.15, -0.1) is 0 Å². The van der Waals surface area contributed by atoms with Gasteiger partial charge in [-0.05, 0) is 80.3 Å². The first-order chi connectivity index (χ1) is 19.6. The van der Waals surface area contributed by atoms with Gasteiger partial charge in [0.15, 0.2) is 0 Å². The highest BCUT2D eigenvalue weighted by Crippen LogP contribution is 2.26. The smallest absolute Gasteiger partial charge is 0.264 e. The Morgan fingerprint density at radius 3 is 2.17 bits per heavy atom. The Hall–Kier alpha value is -3.43. The predicted octanol–water partition coefficient (Wildman–Crippen LogP) is 5.85. The highest BCUT2D eigenvalue weighted by atomic mass is 35.5. The summed E-state index contributed by atoms with van der Waals surface area (Å²) < 4.78 is 42.3. The number of nitrogens with one attached hydrogen (secondary N) is 1. The van der Waals surface area contributed by atoms with E-state index in [-0.39, 0.29) is 29.1 Å². The van der Waals surface area contributed by atoms with Crippen molar-refractivity contribution in [2.45, 2.75) is 69.5 Å². The van der Waals surface area contributed by atoms with Crippen LogP contribution in [0.15, 0.2) is 77.7 Å². The van der Waals surface area contributed by atoms with Crippen LogP contribution in [0.25, 0.3) is 0 Å². The molecule has 0 heterocycles. The third-order valence-corrected chi connectivity index (χ3v) is 9.40. The SMILES string of the molecule is CC[C@@H](C(=O)NC1CCCC1)N(Cc1ccc(Cl)cc1)C(=O)CN(c1ccc(C)cc1)S(=O)(=O)c1ccc(F)cc1. The second-order valence-corrected chi connectivity index (χ2v) is 12.7. The molecule has 0 radical (unpaired) electrons. The van der Waals surface area contributed by atoms with Gasteiger partial charge in [-0.1, -0.05) is 61.2 Å². The number of amides is 2. The van der Waals surface area contributed by atoms with Crippen molar-refractivity contribution in [2.24, 2.45) is 0 Å². The van der Waals surface area contributed by atoms with Gasteiger partial charge in [0.05, 0.1) is 10.6 Å². The van der Waals surface area contributed by atoms with E-state index in [0.717, 1.165) is 53.2 Å². The minimum atomic E-state index is -4.26. The summed E-state index contributed by atoms with van der Waals surface area (Å²) in [5, 5.41) is 3.63. The molecule has 4 rings (SSSR count). The van der Waals surface area contributed by atoms with Crippen LogP contribution in [0, 0.1) is 12.7 Å². The lowest BCUT2D eigenvalue weighted by molar-refractivity contribution is -0.140. The molecule has 2 amide bonds. The molecule has 0 spiro atoms. The molecule has 41 heavy (non-hydrogen) atoms. The fourth-order valence-electron chi connectivity index (χ4n) is 5.05. The van der Waals surface area contributed by atoms with Crippen LogP contribution in [0.3, 0.4) is 0 Å². The number of carbonyl (C=O) groups is 2. The van der Waals surface area contributed by atoms with Crippen molar-refractivity contribution >= 4 is 39.1 Å². The highest BCUT2D eigenvalue weighted by molar-refractivity contribution is 7.92. The fourth-order valence-corrected chi connectivity index (χ4v) is 6.59. The average molecular weight is 600 g/mol. The van der Waals surface area contributed by atoms with E-state index < -0.39 is 34.3 Å². The lowest BCUT2D eigenvalue weighted by atomic mass is 10.1. The average Bonchev–Trinajstić information content (AvgIpc) is 3.46. The number of hydrogen-bond acceptors (Lipinski definition) is 4. The second kappa shape index (κ2) is 13.5. The third-order valence-electron chi connectivity index (χ3n) is 7.36. The summed E-state index contributed by atoms with van der Waals surface area (Å²) in [5.74, 6) is -1.38. The van der Waals surface area contributed by atoms with Crippen LogP contribution < -0.4 is 9.62 Å². The minimum Gasteiger partial charge on any atom is -0.352 e. The highest BCUT2D eigenvalue weighted by Gasteiger charge is 2.34. The van der Waals surface area contributed by atoms with E-state index in [4.69, 9.17) is 11.6 Å². The summed E-state index contributed by atoms with van der Waals surface area (Å²) in [7, 11) is -4.26. The Labute approximate surface area is 246 Å². The number of sulfonamides is 1. The minimum absolute atomic E-state index is 0.0620. The molecule has 1 fully saturated rings. The number of benzene rings is 3. The third kappa shape index (κ3) is 7.65. The number of rotatable bonds is 11. The van der Waals surface area contributed by atoms with E-state index in [9.17, 15) is 22.4 Å². The second-order valence-electron chi connectivity index (χ2n) is 10.4. The first-order valence-corrected chi connectivity index (χ1v) is 15.6. The van der Waals surface area contributed by atoms with Crippen LogP contribution in [-0.2, 0) is 26.2 Å². The topological polar surface area (TPSA) is 86.8 Å². The number of hydrogen-bond donors (Lipinski definition) is 1. The van der Waals surface area contributed by atoms with Crippen LogP contribution in [0.1, 0.15) is 50.2 Å². The molecule has 0 aromatic heterocycles. The quantitative estimate of drug-likeness (QED) is 0.300. The van der Waals surface area contributed by atoms with Crippen LogP contribution >= 0.6 is 11.6 Å². The summed E-state index contributed by atoms with van der Waals surface area (Å²) in [6.45, 7) is 3.24. The fraction of sp³-hybridized carbons (Fsp3) is 0.355. The molecule has 0 bridgehead atoms. The standard InChI is InChI=1S/C31H35ClFN3O4S/c1-3-29(31(38)34-26-6-4-5-7-26)35(20-23-10-12-24(32)13-11-23)30(37)21-36(27-16-8-22(2)9-17-27)41(39,40)28-18-14-25(33)15-19-28/h8-19,26,29H,3-7,20-21H2,1-2H3,(H,34,38)/t29-/m0/s1. The van der Waals surface area contributed by atoms with Crippen LogP contribution in [0.5, 0.6) is 0 Å². The van der Waals surface area contributed by atoms with E-state index in [2.05, 4.69) is 5.32 Å². The van der Waals surface area contributed by atoms with E-state index in [0.29, 0.717) is 11.4 Å². The molecule has 0 aliphatic heterocycles. The molecule has 0 saturated heterocycles. The molecular formula is C31H35ClFN3O4S. The molecule has 1 N–H and O–H groups in total. The molecule has 0 unspecified atom stereocenters. The molecule has 3 aromatic rings. The van der Waals surface area contributed by atoms with Gasteiger partial charge in [0.2, 0.25) is 11.8 Å². The lowest BCUT2D eigenvalue weighted by Crippen LogP contribution is -2.53. The molecule has 218 valence electrons. The van der Waals surface area contributed by atoms with Gasteiger partial charge in [-0.2, -0.15) is 0 Å². The van der Waals surface area contributed by atoms with Crippen LogP contribution in [0.4, 0.5) is 10.1 Å². The molecule has 1 saturated carbocycles. The summed E-state index contributed by atoms with van der Waals surface area (Å²) >= 11 is 6.07. The van der Waals surface area contributed by atoms with Gasteiger partial charge in [0.25, 0.3) is 10.0 Å². The number of nitrogens with zero attached hydrogens (tertiary/aromatic N) is 2. The zero-order chi connectivity index (χ0) is 29.6. The van der Waals surface area contributed by atoms with Crippen LogP contribution in [-0.4, -0.2) is 43.8 Å². The lowest BCUT2D eigenvalue weighted by Gasteiger charge is -2.33. The van der Waals surface area contributed by atoms with Crippen molar-refractivity contribution in [2.75, 3.05) is 10.8 Å². The maximum absolute atomic E-state index is 14.1. The van der Waals surface area contributed by atoms with Crippen molar-refractivity contribution in [3.63, 3.8) is 0 Å². The van der Waals surface area contributed by atoms with Gasteiger partial charge in [-0.3, -0.25) is 13.9 Å². The van der Waals surface area contributed by atoms with E-state index >= 15 is 0 Å². The molecule has 10 heteroatoms. The number of carbonyl (C=O) groups excluding carboxylic acids is 2. The van der Waals surface area contributed by atoms with Gasteiger partial charge < -0.3 is 10.2 Å². The Morgan fingerprint density at radius 2 is 1.59 bits per heavy atom. The first-order valence-electron chi connectivity index (χ1n) is 13.8. The molecule has 1 aliphatic rings. The zero-order valence-corrected chi connectivity index (χ0v) is 24.8. The summed E-state index contributed by atoms with van der Waals surface area (Å²) in [4.78, 5) is 28.9. The monoisotopic (exact) mass is 599 g/mol. The molecule has 1 aliphatic carbocycles. The number of aryl methyl sites for hydroxylation is 1.